The maximum atomic E-state index is 12.7. The van der Waals surface area contributed by atoms with E-state index in [0.717, 1.165) is 16.7 Å². The highest BCUT2D eigenvalue weighted by atomic mass is 79.9. The smallest absolute Gasteiger partial charge is 0.266 e. The zero-order valence-electron chi connectivity index (χ0n) is 17.9. The van der Waals surface area contributed by atoms with Gasteiger partial charge in [0.15, 0.2) is 0 Å². The van der Waals surface area contributed by atoms with Crippen LogP contribution in [0.25, 0.3) is 6.08 Å². The van der Waals surface area contributed by atoms with Crippen molar-refractivity contribution < 1.29 is 9.53 Å². The lowest BCUT2D eigenvalue weighted by Gasteiger charge is -2.12. The number of rotatable bonds is 6. The standard InChI is InChI=1S/C26H19Br2N3O2/c1-16-7-8-17(2)24(9-16)31-26(32)21(14-30)10-18-11-22(27)25(23(28)12-18)33-15-20-6-4-3-5-19(20)13-29/h3-12H,15H2,1-2H3,(H,31,32)/b21-10+. The number of carbonyl (C=O) groups is 1. The number of halogens is 2. The molecular formula is C26H19Br2N3O2. The maximum Gasteiger partial charge on any atom is 0.266 e. The van der Waals surface area contributed by atoms with Crippen LogP contribution in [0.5, 0.6) is 5.75 Å². The van der Waals surface area contributed by atoms with Gasteiger partial charge in [-0.15, -0.1) is 0 Å². The number of hydrogen-bond acceptors (Lipinski definition) is 4. The van der Waals surface area contributed by atoms with Gasteiger partial charge in [-0.3, -0.25) is 4.79 Å². The summed E-state index contributed by atoms with van der Waals surface area (Å²) in [5.74, 6) is 0.0742. The lowest BCUT2D eigenvalue weighted by Crippen LogP contribution is -2.14. The van der Waals surface area contributed by atoms with Crippen LogP contribution < -0.4 is 10.1 Å². The van der Waals surface area contributed by atoms with E-state index in [1.165, 1.54) is 6.08 Å². The van der Waals surface area contributed by atoms with E-state index in [1.54, 1.807) is 24.3 Å². The summed E-state index contributed by atoms with van der Waals surface area (Å²) in [6.45, 7) is 4.05. The number of amides is 1. The van der Waals surface area contributed by atoms with E-state index in [4.69, 9.17) is 4.74 Å². The minimum atomic E-state index is -0.480. The summed E-state index contributed by atoms with van der Waals surface area (Å²) in [5, 5.41) is 21.6. The predicted octanol–water partition coefficient (Wildman–Crippen LogP) is 6.82. The van der Waals surface area contributed by atoms with Crippen LogP contribution in [0, 0.1) is 36.5 Å². The normalized spacial score (nSPS) is 10.8. The second-order valence-electron chi connectivity index (χ2n) is 7.31. The van der Waals surface area contributed by atoms with Crippen LogP contribution in [0.1, 0.15) is 27.8 Å². The SMILES string of the molecule is Cc1ccc(C)c(NC(=O)/C(C#N)=C/c2cc(Br)c(OCc3ccccc3C#N)c(Br)c2)c1. The van der Waals surface area contributed by atoms with E-state index in [9.17, 15) is 15.3 Å². The molecule has 0 bridgehead atoms. The fourth-order valence-electron chi connectivity index (χ4n) is 3.08. The zero-order chi connectivity index (χ0) is 24.0. The number of nitrogens with zero attached hydrogens (tertiary/aromatic N) is 2. The minimum Gasteiger partial charge on any atom is -0.486 e. The summed E-state index contributed by atoms with van der Waals surface area (Å²) in [5.41, 5.74) is 4.55. The molecule has 33 heavy (non-hydrogen) atoms. The first-order chi connectivity index (χ1) is 15.8. The first-order valence-electron chi connectivity index (χ1n) is 9.92. The number of nitrogens with one attached hydrogen (secondary N) is 1. The Kier molecular flexibility index (Phi) is 8.06. The van der Waals surface area contributed by atoms with Gasteiger partial charge in [-0.2, -0.15) is 10.5 Å². The van der Waals surface area contributed by atoms with Crippen LogP contribution in [-0.2, 0) is 11.4 Å². The van der Waals surface area contributed by atoms with Gasteiger partial charge in [0, 0.05) is 11.3 Å². The van der Waals surface area contributed by atoms with Gasteiger partial charge in [0.25, 0.3) is 5.91 Å². The number of carbonyl (C=O) groups excluding carboxylic acids is 1. The van der Waals surface area contributed by atoms with E-state index in [0.29, 0.717) is 31.5 Å². The molecule has 3 rings (SSSR count). The molecule has 1 amide bonds. The lowest BCUT2D eigenvalue weighted by molar-refractivity contribution is -0.112. The number of benzene rings is 3. The van der Waals surface area contributed by atoms with Crippen LogP contribution >= 0.6 is 31.9 Å². The molecule has 0 fully saturated rings. The van der Waals surface area contributed by atoms with Crippen molar-refractivity contribution in [2.24, 2.45) is 0 Å². The first-order valence-corrected chi connectivity index (χ1v) is 11.5. The van der Waals surface area contributed by atoms with Crippen molar-refractivity contribution in [3.8, 4) is 17.9 Å². The van der Waals surface area contributed by atoms with Crippen LogP contribution in [0.3, 0.4) is 0 Å². The highest BCUT2D eigenvalue weighted by Gasteiger charge is 2.14. The summed E-state index contributed by atoms with van der Waals surface area (Å²) in [6.07, 6.45) is 1.52. The van der Waals surface area contributed by atoms with E-state index in [2.05, 4.69) is 43.2 Å². The third-order valence-electron chi connectivity index (χ3n) is 4.85. The van der Waals surface area contributed by atoms with Gasteiger partial charge in [0.05, 0.1) is 20.6 Å². The van der Waals surface area contributed by atoms with Crippen molar-refractivity contribution in [3.63, 3.8) is 0 Å². The monoisotopic (exact) mass is 563 g/mol. The number of nitriles is 2. The molecule has 0 saturated carbocycles. The molecule has 0 radical (unpaired) electrons. The number of hydrogen-bond donors (Lipinski definition) is 1. The molecule has 0 saturated heterocycles. The van der Waals surface area contributed by atoms with Gasteiger partial charge in [0.2, 0.25) is 0 Å². The Morgan fingerprint density at radius 3 is 2.42 bits per heavy atom. The molecule has 1 N–H and O–H groups in total. The molecule has 0 aliphatic heterocycles. The van der Waals surface area contributed by atoms with Gasteiger partial charge < -0.3 is 10.1 Å². The molecule has 7 heteroatoms. The Balaban J connectivity index is 1.81. The van der Waals surface area contributed by atoms with Crippen LogP contribution in [0.4, 0.5) is 5.69 Å². The first kappa shape index (κ1) is 24.3. The fourth-order valence-corrected chi connectivity index (χ4v) is 4.53. The third kappa shape index (κ3) is 6.10. The van der Waals surface area contributed by atoms with E-state index >= 15 is 0 Å². The van der Waals surface area contributed by atoms with Gasteiger partial charge in [0.1, 0.15) is 24.0 Å². The Morgan fingerprint density at radius 1 is 1.06 bits per heavy atom. The quantitative estimate of drug-likeness (QED) is 0.263. The van der Waals surface area contributed by atoms with E-state index < -0.39 is 5.91 Å². The third-order valence-corrected chi connectivity index (χ3v) is 6.03. The van der Waals surface area contributed by atoms with E-state index in [-0.39, 0.29) is 12.2 Å². The molecule has 5 nitrogen and oxygen atoms in total. The van der Waals surface area contributed by atoms with Crippen molar-refractivity contribution in [2.75, 3.05) is 5.32 Å². The van der Waals surface area contributed by atoms with Gasteiger partial charge >= 0.3 is 0 Å². The van der Waals surface area contributed by atoms with Crippen LogP contribution in [0.15, 0.2) is 69.1 Å². The summed E-state index contributed by atoms with van der Waals surface area (Å²) in [4.78, 5) is 12.7. The molecule has 3 aromatic rings. The summed E-state index contributed by atoms with van der Waals surface area (Å²) in [7, 11) is 0. The second-order valence-corrected chi connectivity index (χ2v) is 9.02. The van der Waals surface area contributed by atoms with Crippen LogP contribution in [-0.4, -0.2) is 5.91 Å². The fraction of sp³-hybridized carbons (Fsp3) is 0.115. The van der Waals surface area contributed by atoms with Crippen molar-refractivity contribution >= 4 is 49.5 Å². The molecule has 0 aromatic heterocycles. The van der Waals surface area contributed by atoms with Crippen molar-refractivity contribution in [1.82, 2.24) is 0 Å². The molecular weight excluding hydrogens is 546 g/mol. The molecule has 164 valence electrons. The topological polar surface area (TPSA) is 85.9 Å². The van der Waals surface area contributed by atoms with Crippen LogP contribution in [0.2, 0.25) is 0 Å². The summed E-state index contributed by atoms with van der Waals surface area (Å²) in [6, 6.07) is 20.6. The summed E-state index contributed by atoms with van der Waals surface area (Å²) < 4.78 is 7.21. The second kappa shape index (κ2) is 11.0. The Morgan fingerprint density at radius 2 is 1.76 bits per heavy atom. The van der Waals surface area contributed by atoms with Crippen molar-refractivity contribution in [3.05, 3.63) is 96.9 Å². The molecule has 0 unspecified atom stereocenters. The molecule has 0 heterocycles. The van der Waals surface area contributed by atoms with E-state index in [1.807, 2.05) is 50.2 Å². The van der Waals surface area contributed by atoms with Crippen molar-refractivity contribution in [1.29, 1.82) is 10.5 Å². The highest BCUT2D eigenvalue weighted by Crippen LogP contribution is 2.36. The Hall–Kier alpha value is -3.39. The zero-order valence-corrected chi connectivity index (χ0v) is 21.1. The molecule has 0 aliphatic carbocycles. The van der Waals surface area contributed by atoms with Crippen molar-refractivity contribution in [2.45, 2.75) is 20.5 Å². The number of aryl methyl sites for hydroxylation is 2. The molecule has 3 aromatic carbocycles. The number of anilines is 1. The molecule has 0 spiro atoms. The lowest BCUT2D eigenvalue weighted by atomic mass is 10.1. The maximum absolute atomic E-state index is 12.7. The van der Waals surface area contributed by atoms with Gasteiger partial charge in [-0.05, 0) is 92.7 Å². The summed E-state index contributed by atoms with van der Waals surface area (Å²) >= 11 is 6.99. The predicted molar refractivity (Wildman–Crippen MR) is 135 cm³/mol. The molecule has 0 atom stereocenters. The highest BCUT2D eigenvalue weighted by molar-refractivity contribution is 9.11. The number of ether oxygens (including phenoxy) is 1. The minimum absolute atomic E-state index is 0.0219. The Labute approximate surface area is 209 Å². The average molecular weight is 565 g/mol. The Bertz CT molecular complexity index is 1310. The van der Waals surface area contributed by atoms with Gasteiger partial charge in [-0.1, -0.05) is 30.3 Å². The molecule has 0 aliphatic rings. The van der Waals surface area contributed by atoms with Gasteiger partial charge in [-0.25, -0.2) is 0 Å². The largest absolute Gasteiger partial charge is 0.486 e. The average Bonchev–Trinajstić information content (AvgIpc) is 2.79.